The number of benzene rings is 1. The number of hydrogen-bond donors (Lipinski definition) is 1. The number of carbonyl (C=O) groups excluding carboxylic acids is 2. The normalized spacial score (nSPS) is 13.6. The molecule has 1 saturated carbocycles. The van der Waals surface area contributed by atoms with E-state index in [-0.39, 0.29) is 12.5 Å². The van der Waals surface area contributed by atoms with Gasteiger partial charge in [-0.3, -0.25) is 4.79 Å². The van der Waals surface area contributed by atoms with E-state index in [0.29, 0.717) is 18.2 Å². The molecule has 0 saturated heterocycles. The third kappa shape index (κ3) is 3.92. The van der Waals surface area contributed by atoms with Crippen molar-refractivity contribution in [2.24, 2.45) is 0 Å². The van der Waals surface area contributed by atoms with Gasteiger partial charge >= 0.3 is 5.97 Å². The van der Waals surface area contributed by atoms with Crippen LogP contribution in [-0.4, -0.2) is 23.1 Å². The van der Waals surface area contributed by atoms with Crippen LogP contribution < -0.4 is 5.32 Å². The lowest BCUT2D eigenvalue weighted by Gasteiger charge is -2.09. The topological polar surface area (TPSA) is 60.3 Å². The molecule has 1 aliphatic carbocycles. The summed E-state index contributed by atoms with van der Waals surface area (Å²) in [4.78, 5) is 24.2. The fourth-order valence-corrected chi connectivity index (χ4v) is 3.14. The SMILES string of the molecule is Cc1ccccc1CNC(=O)COC(=O)c1cc(C)n(C2CC2)c1C. The van der Waals surface area contributed by atoms with E-state index < -0.39 is 5.97 Å². The molecule has 132 valence electrons. The fraction of sp³-hybridized carbons (Fsp3) is 0.400. The van der Waals surface area contributed by atoms with Gasteiger partial charge in [0.15, 0.2) is 6.61 Å². The van der Waals surface area contributed by atoms with Crippen LogP contribution in [0.25, 0.3) is 0 Å². The zero-order valence-electron chi connectivity index (χ0n) is 15.0. The molecule has 1 amide bonds. The molecular formula is C20H24N2O3. The van der Waals surface area contributed by atoms with Crippen molar-refractivity contribution >= 4 is 11.9 Å². The van der Waals surface area contributed by atoms with Crippen LogP contribution >= 0.6 is 0 Å². The molecule has 0 bridgehead atoms. The summed E-state index contributed by atoms with van der Waals surface area (Å²) in [5, 5.41) is 2.78. The van der Waals surface area contributed by atoms with Gasteiger partial charge in [-0.05, 0) is 50.8 Å². The van der Waals surface area contributed by atoms with E-state index in [1.54, 1.807) is 0 Å². The van der Waals surface area contributed by atoms with Crippen LogP contribution in [0.1, 0.15) is 51.8 Å². The first-order valence-electron chi connectivity index (χ1n) is 8.64. The number of hydrogen-bond acceptors (Lipinski definition) is 3. The van der Waals surface area contributed by atoms with Crippen molar-refractivity contribution < 1.29 is 14.3 Å². The first kappa shape index (κ1) is 17.3. The molecule has 1 N–H and O–H groups in total. The Labute approximate surface area is 148 Å². The van der Waals surface area contributed by atoms with Crippen molar-refractivity contribution in [3.05, 3.63) is 58.4 Å². The Hall–Kier alpha value is -2.56. The predicted octanol–water partition coefficient (Wildman–Crippen LogP) is 3.22. The first-order chi connectivity index (χ1) is 12.0. The lowest BCUT2D eigenvalue weighted by Crippen LogP contribution is -2.28. The highest BCUT2D eigenvalue weighted by Crippen LogP contribution is 2.38. The monoisotopic (exact) mass is 340 g/mol. The van der Waals surface area contributed by atoms with Crippen LogP contribution in [0.15, 0.2) is 30.3 Å². The van der Waals surface area contributed by atoms with Crippen LogP contribution in [0.4, 0.5) is 0 Å². The summed E-state index contributed by atoms with van der Waals surface area (Å²) < 4.78 is 7.38. The van der Waals surface area contributed by atoms with Gasteiger partial charge in [0.2, 0.25) is 0 Å². The predicted molar refractivity (Wildman–Crippen MR) is 95.5 cm³/mol. The zero-order valence-corrected chi connectivity index (χ0v) is 15.0. The minimum absolute atomic E-state index is 0.266. The summed E-state index contributed by atoms with van der Waals surface area (Å²) in [7, 11) is 0. The van der Waals surface area contributed by atoms with Crippen molar-refractivity contribution in [2.75, 3.05) is 6.61 Å². The number of aromatic nitrogens is 1. The van der Waals surface area contributed by atoms with Gasteiger partial charge in [-0.25, -0.2) is 4.79 Å². The van der Waals surface area contributed by atoms with E-state index in [2.05, 4.69) is 9.88 Å². The number of aryl methyl sites for hydroxylation is 2. The molecule has 0 atom stereocenters. The fourth-order valence-electron chi connectivity index (χ4n) is 3.14. The van der Waals surface area contributed by atoms with Gasteiger partial charge in [0.05, 0.1) is 5.56 Å². The summed E-state index contributed by atoms with van der Waals surface area (Å²) in [5.41, 5.74) is 4.71. The Balaban J connectivity index is 1.53. The molecule has 1 aromatic heterocycles. The van der Waals surface area contributed by atoms with Crippen LogP contribution in [0.2, 0.25) is 0 Å². The second-order valence-corrected chi connectivity index (χ2v) is 6.67. The largest absolute Gasteiger partial charge is 0.452 e. The maximum absolute atomic E-state index is 12.3. The molecular weight excluding hydrogens is 316 g/mol. The average molecular weight is 340 g/mol. The van der Waals surface area contributed by atoms with E-state index in [1.807, 2.05) is 51.1 Å². The molecule has 1 aromatic carbocycles. The highest BCUT2D eigenvalue weighted by atomic mass is 16.5. The maximum Gasteiger partial charge on any atom is 0.340 e. The summed E-state index contributed by atoms with van der Waals surface area (Å²) in [6.07, 6.45) is 2.32. The van der Waals surface area contributed by atoms with Crippen LogP contribution in [0.5, 0.6) is 0 Å². The van der Waals surface area contributed by atoms with Gasteiger partial charge in [0.25, 0.3) is 5.91 Å². The average Bonchev–Trinajstić information content (AvgIpc) is 3.37. The van der Waals surface area contributed by atoms with Gasteiger partial charge in [-0.15, -0.1) is 0 Å². The van der Waals surface area contributed by atoms with Gasteiger partial charge in [-0.1, -0.05) is 24.3 Å². The second-order valence-electron chi connectivity index (χ2n) is 6.67. The molecule has 1 aliphatic rings. The van der Waals surface area contributed by atoms with E-state index in [4.69, 9.17) is 4.74 Å². The van der Waals surface area contributed by atoms with Crippen LogP contribution in [-0.2, 0) is 16.1 Å². The number of esters is 1. The van der Waals surface area contributed by atoms with Gasteiger partial charge < -0.3 is 14.6 Å². The molecule has 0 unspecified atom stereocenters. The Morgan fingerprint density at radius 3 is 2.60 bits per heavy atom. The van der Waals surface area contributed by atoms with Crippen molar-refractivity contribution in [3.63, 3.8) is 0 Å². The second kappa shape index (κ2) is 7.13. The summed E-state index contributed by atoms with van der Waals surface area (Å²) in [6, 6.07) is 10.2. The molecule has 0 spiro atoms. The minimum Gasteiger partial charge on any atom is -0.452 e. The van der Waals surface area contributed by atoms with E-state index in [1.165, 1.54) is 0 Å². The number of nitrogens with zero attached hydrogens (tertiary/aromatic N) is 1. The van der Waals surface area contributed by atoms with Crippen LogP contribution in [0, 0.1) is 20.8 Å². The molecule has 2 aromatic rings. The van der Waals surface area contributed by atoms with E-state index >= 15 is 0 Å². The van der Waals surface area contributed by atoms with Crippen LogP contribution in [0.3, 0.4) is 0 Å². The molecule has 1 fully saturated rings. The van der Waals surface area contributed by atoms with Crippen molar-refractivity contribution in [1.29, 1.82) is 0 Å². The third-order valence-corrected chi connectivity index (χ3v) is 4.69. The number of ether oxygens (including phenoxy) is 1. The van der Waals surface area contributed by atoms with E-state index in [9.17, 15) is 9.59 Å². The Morgan fingerprint density at radius 1 is 1.20 bits per heavy atom. The van der Waals surface area contributed by atoms with Crippen molar-refractivity contribution in [1.82, 2.24) is 9.88 Å². The summed E-state index contributed by atoms with van der Waals surface area (Å²) in [5.74, 6) is -0.737. The molecule has 5 heteroatoms. The quantitative estimate of drug-likeness (QED) is 0.822. The van der Waals surface area contributed by atoms with Gasteiger partial charge in [0, 0.05) is 24.0 Å². The van der Waals surface area contributed by atoms with Gasteiger partial charge in [0.1, 0.15) is 0 Å². The molecule has 0 radical (unpaired) electrons. The van der Waals surface area contributed by atoms with Crippen molar-refractivity contribution in [3.8, 4) is 0 Å². The minimum atomic E-state index is -0.439. The smallest absolute Gasteiger partial charge is 0.340 e. The highest BCUT2D eigenvalue weighted by Gasteiger charge is 2.28. The Bertz CT molecular complexity index is 803. The van der Waals surface area contributed by atoms with E-state index in [0.717, 1.165) is 35.4 Å². The summed E-state index contributed by atoms with van der Waals surface area (Å²) >= 11 is 0. The molecule has 5 nitrogen and oxygen atoms in total. The lowest BCUT2D eigenvalue weighted by molar-refractivity contribution is -0.124. The number of rotatable bonds is 6. The standard InChI is InChI=1S/C20H24N2O3/c1-13-6-4-5-7-16(13)11-21-19(23)12-25-20(24)18-10-14(2)22(15(18)3)17-8-9-17/h4-7,10,17H,8-9,11-12H2,1-3H3,(H,21,23). The number of amides is 1. The first-order valence-corrected chi connectivity index (χ1v) is 8.64. The Morgan fingerprint density at radius 2 is 1.92 bits per heavy atom. The molecule has 25 heavy (non-hydrogen) atoms. The third-order valence-electron chi connectivity index (χ3n) is 4.69. The van der Waals surface area contributed by atoms with Crippen molar-refractivity contribution in [2.45, 2.75) is 46.2 Å². The van der Waals surface area contributed by atoms with Gasteiger partial charge in [-0.2, -0.15) is 0 Å². The maximum atomic E-state index is 12.3. The number of carbonyl (C=O) groups is 2. The highest BCUT2D eigenvalue weighted by molar-refractivity contribution is 5.92. The number of nitrogens with one attached hydrogen (secondary N) is 1. The Kier molecular flexibility index (Phi) is 4.93. The lowest BCUT2D eigenvalue weighted by atomic mass is 10.1. The zero-order chi connectivity index (χ0) is 18.0. The molecule has 3 rings (SSSR count). The summed E-state index contributed by atoms with van der Waals surface area (Å²) in [6.45, 7) is 6.09. The molecule has 0 aliphatic heterocycles. The molecule has 1 heterocycles.